The minimum absolute atomic E-state index is 0.150. The fourth-order valence-electron chi connectivity index (χ4n) is 1.52. The molecule has 0 amide bonds. The van der Waals surface area contributed by atoms with E-state index >= 15 is 0 Å². The van der Waals surface area contributed by atoms with Crippen molar-refractivity contribution in [2.24, 2.45) is 0 Å². The number of esters is 1. The molecule has 1 heterocycles. The van der Waals surface area contributed by atoms with Gasteiger partial charge in [0, 0.05) is 6.42 Å². The number of carbonyl (C=O) groups excluding carboxylic acids is 1. The summed E-state index contributed by atoms with van der Waals surface area (Å²) in [4.78, 5) is 10.8. The number of para-hydroxylation sites is 1. The highest BCUT2D eigenvalue weighted by atomic mass is 31.1. The molecular weight excluding hydrogens is 227 g/mol. The maximum absolute atomic E-state index is 11.8. The van der Waals surface area contributed by atoms with Crippen LogP contribution in [0.5, 0.6) is 5.75 Å². The van der Waals surface area contributed by atoms with E-state index < -0.39 is 8.03 Å². The number of cyclic esters (lactones) is 1. The molecule has 86 valence electrons. The summed E-state index contributed by atoms with van der Waals surface area (Å²) in [5.41, 5.74) is -0.150. The lowest BCUT2D eigenvalue weighted by Gasteiger charge is -2.21. The van der Waals surface area contributed by atoms with Gasteiger partial charge < -0.3 is 9.26 Å². The number of rotatable bonds is 3. The fourth-order valence-corrected chi connectivity index (χ4v) is 2.65. The number of ether oxygens (including phenoxy) is 1. The molecule has 0 N–H and O–H groups in total. The van der Waals surface area contributed by atoms with Gasteiger partial charge in [0.2, 0.25) is 8.03 Å². The van der Waals surface area contributed by atoms with Crippen LogP contribution in [0, 0.1) is 0 Å². The van der Waals surface area contributed by atoms with Crippen molar-refractivity contribution in [1.29, 1.82) is 0 Å². The monoisotopic (exact) mass is 240 g/mol. The van der Waals surface area contributed by atoms with E-state index in [0.717, 1.165) is 0 Å². The summed E-state index contributed by atoms with van der Waals surface area (Å²) >= 11 is 0. The van der Waals surface area contributed by atoms with E-state index in [1.807, 2.05) is 18.2 Å². The third kappa shape index (κ3) is 2.86. The van der Waals surface area contributed by atoms with Crippen LogP contribution < -0.4 is 4.52 Å². The lowest BCUT2D eigenvalue weighted by atomic mass is 10.2. The molecule has 1 fully saturated rings. The maximum Gasteiger partial charge on any atom is 0.305 e. The summed E-state index contributed by atoms with van der Waals surface area (Å²) in [6, 6.07) is 9.04. The van der Waals surface area contributed by atoms with E-state index in [9.17, 15) is 9.36 Å². The second-order valence-electron chi connectivity index (χ2n) is 3.65. The van der Waals surface area contributed by atoms with Crippen LogP contribution in [0.4, 0.5) is 0 Å². The summed E-state index contributed by atoms with van der Waals surface area (Å²) in [6.45, 7) is 0.212. The molecule has 0 bridgehead atoms. The summed E-state index contributed by atoms with van der Waals surface area (Å²) in [6.07, 6.45) is 0.919. The lowest BCUT2D eigenvalue weighted by Crippen LogP contribution is -2.24. The van der Waals surface area contributed by atoms with Crippen LogP contribution in [0.15, 0.2) is 30.3 Å². The third-order valence-electron chi connectivity index (χ3n) is 2.44. The van der Waals surface area contributed by atoms with E-state index in [1.165, 1.54) is 0 Å². The largest absolute Gasteiger partial charge is 0.465 e. The predicted molar refractivity (Wildman–Crippen MR) is 60.1 cm³/mol. The Labute approximate surface area is 94.4 Å². The minimum Gasteiger partial charge on any atom is -0.465 e. The molecule has 16 heavy (non-hydrogen) atoms. The number of hydrogen-bond donors (Lipinski definition) is 0. The smallest absolute Gasteiger partial charge is 0.305 e. The van der Waals surface area contributed by atoms with Gasteiger partial charge in [-0.2, -0.15) is 0 Å². The minimum atomic E-state index is -2.19. The average Bonchev–Trinajstić information content (AvgIpc) is 2.31. The Morgan fingerprint density at radius 1 is 1.31 bits per heavy atom. The molecule has 1 saturated heterocycles. The maximum atomic E-state index is 11.8. The molecule has 2 atom stereocenters. The van der Waals surface area contributed by atoms with Crippen molar-refractivity contribution in [2.75, 3.05) is 6.61 Å². The quantitative estimate of drug-likeness (QED) is 0.600. The predicted octanol–water partition coefficient (Wildman–Crippen LogP) is 2.25. The molecular formula is C11H13O4P. The molecule has 0 spiro atoms. The Morgan fingerprint density at radius 3 is 2.69 bits per heavy atom. The molecule has 0 radical (unpaired) electrons. The number of hydrogen-bond acceptors (Lipinski definition) is 4. The topological polar surface area (TPSA) is 52.6 Å². The van der Waals surface area contributed by atoms with Gasteiger partial charge in [-0.3, -0.25) is 9.36 Å². The van der Waals surface area contributed by atoms with Crippen molar-refractivity contribution in [1.82, 2.24) is 0 Å². The van der Waals surface area contributed by atoms with Crippen LogP contribution in [0.3, 0.4) is 0 Å². The van der Waals surface area contributed by atoms with Gasteiger partial charge in [-0.05, 0) is 18.6 Å². The van der Waals surface area contributed by atoms with E-state index in [1.54, 1.807) is 12.1 Å². The summed E-state index contributed by atoms with van der Waals surface area (Å²) in [5.74, 6) is 0.383. The molecule has 4 nitrogen and oxygen atoms in total. The second-order valence-corrected chi connectivity index (χ2v) is 5.31. The van der Waals surface area contributed by atoms with Crippen molar-refractivity contribution in [2.45, 2.75) is 18.5 Å². The van der Waals surface area contributed by atoms with E-state index in [4.69, 9.17) is 9.26 Å². The van der Waals surface area contributed by atoms with Gasteiger partial charge in [-0.1, -0.05) is 18.2 Å². The van der Waals surface area contributed by atoms with E-state index in [0.29, 0.717) is 18.6 Å². The zero-order chi connectivity index (χ0) is 11.4. The van der Waals surface area contributed by atoms with Gasteiger partial charge in [0.1, 0.15) is 12.4 Å². The first kappa shape index (κ1) is 11.2. The number of benzene rings is 1. The van der Waals surface area contributed by atoms with E-state index in [2.05, 4.69) is 0 Å². The molecule has 0 aromatic heterocycles. The van der Waals surface area contributed by atoms with Gasteiger partial charge >= 0.3 is 5.97 Å². The highest BCUT2D eigenvalue weighted by Gasteiger charge is 2.25. The van der Waals surface area contributed by atoms with Gasteiger partial charge in [0.05, 0.1) is 5.66 Å². The summed E-state index contributed by atoms with van der Waals surface area (Å²) in [7, 11) is -2.19. The molecule has 1 aromatic carbocycles. The van der Waals surface area contributed by atoms with Crippen molar-refractivity contribution in [3.05, 3.63) is 30.3 Å². The SMILES string of the molecule is O=C1CCC([PH](=O)Oc2ccccc2)CO1. The first-order valence-corrected chi connectivity index (χ1v) is 6.57. The molecule has 1 aromatic rings. The van der Waals surface area contributed by atoms with Gasteiger partial charge in [0.25, 0.3) is 0 Å². The normalized spacial score (nSPS) is 22.2. The van der Waals surface area contributed by atoms with Gasteiger partial charge in [0.15, 0.2) is 0 Å². The Balaban J connectivity index is 1.91. The fraction of sp³-hybridized carbons (Fsp3) is 0.364. The second kappa shape index (κ2) is 5.17. The molecule has 0 saturated carbocycles. The third-order valence-corrected chi connectivity index (χ3v) is 4.00. The van der Waals surface area contributed by atoms with Crippen LogP contribution in [0.25, 0.3) is 0 Å². The zero-order valence-electron chi connectivity index (χ0n) is 8.72. The van der Waals surface area contributed by atoms with Gasteiger partial charge in [-0.25, -0.2) is 0 Å². The highest BCUT2D eigenvalue weighted by molar-refractivity contribution is 7.40. The molecule has 2 unspecified atom stereocenters. The summed E-state index contributed by atoms with van der Waals surface area (Å²) < 4.78 is 22.0. The Kier molecular flexibility index (Phi) is 3.62. The van der Waals surface area contributed by atoms with Crippen molar-refractivity contribution in [3.63, 3.8) is 0 Å². The Hall–Kier alpha value is -1.28. The van der Waals surface area contributed by atoms with Crippen LogP contribution in [-0.4, -0.2) is 18.2 Å². The van der Waals surface area contributed by atoms with Gasteiger partial charge in [-0.15, -0.1) is 0 Å². The van der Waals surface area contributed by atoms with Crippen LogP contribution >= 0.6 is 8.03 Å². The zero-order valence-corrected chi connectivity index (χ0v) is 9.72. The molecule has 2 rings (SSSR count). The van der Waals surface area contributed by atoms with Crippen LogP contribution in [0.1, 0.15) is 12.8 Å². The van der Waals surface area contributed by atoms with E-state index in [-0.39, 0.29) is 18.2 Å². The first-order chi connectivity index (χ1) is 7.75. The molecule has 1 aliphatic rings. The molecule has 0 aliphatic carbocycles. The van der Waals surface area contributed by atoms with Crippen LogP contribution in [0.2, 0.25) is 0 Å². The first-order valence-electron chi connectivity index (χ1n) is 5.18. The van der Waals surface area contributed by atoms with Crippen molar-refractivity contribution < 1.29 is 18.6 Å². The Bertz CT molecular complexity index is 380. The van der Waals surface area contributed by atoms with Crippen LogP contribution in [-0.2, 0) is 14.1 Å². The Morgan fingerprint density at radius 2 is 2.06 bits per heavy atom. The molecule has 1 aliphatic heterocycles. The standard InChI is InChI=1S/C11H13O4P/c12-11-7-6-10(8-14-11)16(13)15-9-4-2-1-3-5-9/h1-5,10,16H,6-8H2. The summed E-state index contributed by atoms with van der Waals surface area (Å²) in [5, 5.41) is 0. The number of carbonyl (C=O) groups is 1. The molecule has 5 heteroatoms. The highest BCUT2D eigenvalue weighted by Crippen LogP contribution is 2.36. The average molecular weight is 240 g/mol. The lowest BCUT2D eigenvalue weighted by molar-refractivity contribution is -0.146. The van der Waals surface area contributed by atoms with Crippen molar-refractivity contribution in [3.8, 4) is 5.75 Å². The van der Waals surface area contributed by atoms with Crippen molar-refractivity contribution >= 4 is 14.0 Å².